The van der Waals surface area contributed by atoms with E-state index in [9.17, 15) is 0 Å². The number of hydrogen-bond acceptors (Lipinski definition) is 5. The minimum atomic E-state index is 0.142. The summed E-state index contributed by atoms with van der Waals surface area (Å²) >= 11 is 3.57. The molecule has 1 N–H and O–H groups in total. The largest absolute Gasteiger partial charge is 0.381 e. The lowest BCUT2D eigenvalue weighted by atomic mass is 9.93. The summed E-state index contributed by atoms with van der Waals surface area (Å²) in [7, 11) is 0. The minimum absolute atomic E-state index is 0.142. The molecule has 4 nitrogen and oxygen atoms in total. The molecular formula is C13H19N3OS2. The predicted octanol–water partition coefficient (Wildman–Crippen LogP) is 2.75. The van der Waals surface area contributed by atoms with Gasteiger partial charge in [-0.05, 0) is 26.7 Å². The predicted molar refractivity (Wildman–Crippen MR) is 81.1 cm³/mol. The van der Waals surface area contributed by atoms with Crippen LogP contribution in [0.3, 0.4) is 0 Å². The summed E-state index contributed by atoms with van der Waals surface area (Å²) in [5.41, 5.74) is 0.222. The van der Waals surface area contributed by atoms with Crippen LogP contribution in [0.15, 0.2) is 11.2 Å². The van der Waals surface area contributed by atoms with Crippen molar-refractivity contribution in [1.82, 2.24) is 10.3 Å². The van der Waals surface area contributed by atoms with Crippen LogP contribution in [0.25, 0.3) is 0 Å². The molecule has 2 aliphatic heterocycles. The Balaban J connectivity index is 1.68. The van der Waals surface area contributed by atoms with Gasteiger partial charge in [0.25, 0.3) is 0 Å². The Hall–Kier alpha value is -0.590. The van der Waals surface area contributed by atoms with E-state index in [-0.39, 0.29) is 11.6 Å². The van der Waals surface area contributed by atoms with E-state index in [0.717, 1.165) is 42.0 Å². The Labute approximate surface area is 122 Å². The Bertz CT molecular complexity index is 480. The van der Waals surface area contributed by atoms with Gasteiger partial charge in [-0.1, -0.05) is 11.8 Å². The molecule has 0 bridgehead atoms. The Morgan fingerprint density at radius 1 is 1.47 bits per heavy atom. The summed E-state index contributed by atoms with van der Waals surface area (Å²) in [6, 6.07) is 0.142. The lowest BCUT2D eigenvalue weighted by Crippen LogP contribution is -2.48. The first kappa shape index (κ1) is 13.4. The average molecular weight is 297 g/mol. The van der Waals surface area contributed by atoms with Gasteiger partial charge in [0.1, 0.15) is 11.0 Å². The van der Waals surface area contributed by atoms with E-state index in [4.69, 9.17) is 9.73 Å². The molecule has 2 fully saturated rings. The van der Waals surface area contributed by atoms with Crippen molar-refractivity contribution in [1.29, 1.82) is 0 Å². The number of hydrogen-bond donors (Lipinski definition) is 1. The summed E-state index contributed by atoms with van der Waals surface area (Å²) in [4.78, 5) is 10.4. The maximum absolute atomic E-state index is 5.45. The van der Waals surface area contributed by atoms with Gasteiger partial charge in [0, 0.05) is 30.0 Å². The molecule has 104 valence electrons. The van der Waals surface area contributed by atoms with Crippen molar-refractivity contribution in [3.05, 3.63) is 16.1 Å². The van der Waals surface area contributed by atoms with E-state index >= 15 is 0 Å². The number of aromatic nitrogens is 1. The zero-order valence-electron chi connectivity index (χ0n) is 11.3. The van der Waals surface area contributed by atoms with Crippen LogP contribution >= 0.6 is 23.1 Å². The van der Waals surface area contributed by atoms with Crippen molar-refractivity contribution in [2.45, 2.75) is 38.3 Å². The molecule has 2 aliphatic rings. The van der Waals surface area contributed by atoms with Gasteiger partial charge in [-0.15, -0.1) is 11.3 Å². The Morgan fingerprint density at radius 2 is 2.26 bits per heavy atom. The standard InChI is InChI=1S/C13H19N3OS2/c1-9-7-14-11(19-9)10(2)15-12-16-13(8-18-12)3-5-17-6-4-13/h7,10H,3-6,8H2,1-2H3,(H,15,16). The van der Waals surface area contributed by atoms with Gasteiger partial charge >= 0.3 is 0 Å². The highest BCUT2D eigenvalue weighted by atomic mass is 32.2. The second-order valence-electron chi connectivity index (χ2n) is 5.23. The maximum atomic E-state index is 5.45. The van der Waals surface area contributed by atoms with Gasteiger partial charge in [-0.2, -0.15) is 0 Å². The minimum Gasteiger partial charge on any atom is -0.381 e. The number of amidine groups is 1. The third-order valence-corrected chi connectivity index (χ3v) is 5.88. The van der Waals surface area contributed by atoms with Crippen molar-refractivity contribution in [3.63, 3.8) is 0 Å². The maximum Gasteiger partial charge on any atom is 0.157 e. The number of nitrogens with one attached hydrogen (secondary N) is 1. The lowest BCUT2D eigenvalue weighted by Gasteiger charge is -2.32. The monoisotopic (exact) mass is 297 g/mol. The third-order valence-electron chi connectivity index (χ3n) is 3.61. The molecule has 1 unspecified atom stereocenters. The molecule has 1 spiro atoms. The van der Waals surface area contributed by atoms with Crippen LogP contribution in [0.1, 0.15) is 35.7 Å². The number of nitrogens with zero attached hydrogens (tertiary/aromatic N) is 2. The van der Waals surface area contributed by atoms with Crippen LogP contribution < -0.4 is 5.32 Å². The molecule has 6 heteroatoms. The number of ether oxygens (including phenoxy) is 1. The number of rotatable bonds is 2. The van der Waals surface area contributed by atoms with Crippen LogP contribution in [-0.2, 0) is 4.74 Å². The fraction of sp³-hybridized carbons (Fsp3) is 0.692. The molecule has 1 aromatic heterocycles. The average Bonchev–Trinajstić information content (AvgIpc) is 2.98. The van der Waals surface area contributed by atoms with Crippen LogP contribution in [0.2, 0.25) is 0 Å². The van der Waals surface area contributed by atoms with E-state index in [1.54, 1.807) is 11.3 Å². The van der Waals surface area contributed by atoms with E-state index in [0.29, 0.717) is 0 Å². The summed E-state index contributed by atoms with van der Waals surface area (Å²) in [6.45, 7) is 5.92. The van der Waals surface area contributed by atoms with E-state index in [2.05, 4.69) is 24.1 Å². The zero-order valence-corrected chi connectivity index (χ0v) is 12.9. The SMILES string of the molecule is Cc1cnc(C(C)N=C2NC3(CCOCC3)CS2)s1. The molecule has 1 aromatic rings. The second-order valence-corrected chi connectivity index (χ2v) is 7.46. The van der Waals surface area contributed by atoms with Crippen LogP contribution in [0, 0.1) is 6.92 Å². The van der Waals surface area contributed by atoms with Gasteiger partial charge in [0.2, 0.25) is 0 Å². The van der Waals surface area contributed by atoms with E-state index < -0.39 is 0 Å². The molecule has 0 aliphatic carbocycles. The molecule has 1 atom stereocenters. The summed E-state index contributed by atoms with van der Waals surface area (Å²) in [5.74, 6) is 1.11. The first-order valence-corrected chi connectivity index (χ1v) is 8.46. The summed E-state index contributed by atoms with van der Waals surface area (Å²) in [6.07, 6.45) is 4.10. The van der Waals surface area contributed by atoms with Crippen molar-refractivity contribution < 1.29 is 4.74 Å². The topological polar surface area (TPSA) is 46.5 Å². The van der Waals surface area contributed by atoms with Gasteiger partial charge in [-0.3, -0.25) is 4.99 Å². The quantitative estimate of drug-likeness (QED) is 0.912. The molecule has 19 heavy (non-hydrogen) atoms. The highest BCUT2D eigenvalue weighted by Gasteiger charge is 2.38. The van der Waals surface area contributed by atoms with Gasteiger partial charge < -0.3 is 10.1 Å². The third kappa shape index (κ3) is 2.95. The number of aryl methyl sites for hydroxylation is 1. The molecule has 0 radical (unpaired) electrons. The van der Waals surface area contributed by atoms with Crippen LogP contribution in [-0.4, -0.2) is 34.7 Å². The molecule has 3 rings (SSSR count). The molecule has 0 amide bonds. The van der Waals surface area contributed by atoms with Gasteiger partial charge in [0.05, 0.1) is 5.54 Å². The smallest absolute Gasteiger partial charge is 0.157 e. The van der Waals surface area contributed by atoms with E-state index in [1.807, 2.05) is 18.0 Å². The lowest BCUT2D eigenvalue weighted by molar-refractivity contribution is 0.0555. The van der Waals surface area contributed by atoms with Crippen LogP contribution in [0.5, 0.6) is 0 Å². The first-order valence-electron chi connectivity index (χ1n) is 6.66. The molecule has 2 saturated heterocycles. The first-order chi connectivity index (χ1) is 9.17. The molecule has 0 aromatic carbocycles. The Kier molecular flexibility index (Phi) is 3.82. The van der Waals surface area contributed by atoms with Gasteiger partial charge in [0.15, 0.2) is 5.17 Å². The van der Waals surface area contributed by atoms with Crippen molar-refractivity contribution in [3.8, 4) is 0 Å². The number of aliphatic imine (C=N–C) groups is 1. The highest BCUT2D eigenvalue weighted by Crippen LogP contribution is 2.33. The normalized spacial score (nSPS) is 25.7. The Morgan fingerprint density at radius 3 is 2.95 bits per heavy atom. The fourth-order valence-electron chi connectivity index (χ4n) is 2.40. The zero-order chi connectivity index (χ0) is 13.3. The van der Waals surface area contributed by atoms with Crippen LogP contribution in [0.4, 0.5) is 0 Å². The number of thioether (sulfide) groups is 1. The van der Waals surface area contributed by atoms with Crippen molar-refractivity contribution in [2.75, 3.05) is 19.0 Å². The molecular weight excluding hydrogens is 278 g/mol. The second kappa shape index (κ2) is 5.42. The molecule has 3 heterocycles. The fourth-order valence-corrected chi connectivity index (χ4v) is 4.46. The summed E-state index contributed by atoms with van der Waals surface area (Å²) in [5, 5.41) is 5.79. The number of thiazole rings is 1. The van der Waals surface area contributed by atoms with Gasteiger partial charge in [-0.25, -0.2) is 4.98 Å². The van der Waals surface area contributed by atoms with E-state index in [1.165, 1.54) is 4.88 Å². The highest BCUT2D eigenvalue weighted by molar-refractivity contribution is 8.14. The van der Waals surface area contributed by atoms with Crippen molar-refractivity contribution >= 4 is 28.3 Å². The molecule has 0 saturated carbocycles. The van der Waals surface area contributed by atoms with Crippen molar-refractivity contribution in [2.24, 2.45) is 4.99 Å². The summed E-state index contributed by atoms with van der Waals surface area (Å²) < 4.78 is 5.45.